The molecule has 2 aromatic rings. The number of anilines is 1. The van der Waals surface area contributed by atoms with Crippen LogP contribution >= 0.6 is 11.6 Å². The molecule has 0 radical (unpaired) electrons. The number of rotatable bonds is 1. The molecule has 72 valence electrons. The average molecular weight is 208 g/mol. The van der Waals surface area contributed by atoms with Gasteiger partial charge in [-0.1, -0.05) is 23.7 Å². The monoisotopic (exact) mass is 207 g/mol. The molecule has 14 heavy (non-hydrogen) atoms. The standard InChI is InChI=1S/C10H10ClN3/c1-6-13-5-9(14-6)7-3-2-4-8(12)10(7)11/h2-5H,12H2,1H3,(H,13,14). The van der Waals surface area contributed by atoms with E-state index in [0.717, 1.165) is 17.1 Å². The molecule has 2 rings (SSSR count). The van der Waals surface area contributed by atoms with E-state index in [-0.39, 0.29) is 0 Å². The zero-order valence-corrected chi connectivity index (χ0v) is 8.47. The van der Waals surface area contributed by atoms with Crippen LogP contribution < -0.4 is 5.73 Å². The number of hydrogen-bond donors (Lipinski definition) is 2. The van der Waals surface area contributed by atoms with Crippen LogP contribution in [0, 0.1) is 6.92 Å². The number of aromatic nitrogens is 2. The van der Waals surface area contributed by atoms with Gasteiger partial charge in [0.25, 0.3) is 0 Å². The zero-order valence-electron chi connectivity index (χ0n) is 7.71. The smallest absolute Gasteiger partial charge is 0.103 e. The number of aromatic amines is 1. The van der Waals surface area contributed by atoms with Gasteiger partial charge in [-0.3, -0.25) is 0 Å². The van der Waals surface area contributed by atoms with Crippen LogP contribution in [0.1, 0.15) is 5.82 Å². The Morgan fingerprint density at radius 2 is 2.21 bits per heavy atom. The van der Waals surface area contributed by atoms with E-state index in [4.69, 9.17) is 17.3 Å². The Labute approximate surface area is 86.9 Å². The number of nitrogens with zero attached hydrogens (tertiary/aromatic N) is 1. The van der Waals surface area contributed by atoms with E-state index in [9.17, 15) is 0 Å². The maximum absolute atomic E-state index is 6.06. The third-order valence-corrected chi connectivity index (χ3v) is 2.44. The predicted molar refractivity (Wildman–Crippen MR) is 58.2 cm³/mol. The maximum Gasteiger partial charge on any atom is 0.103 e. The van der Waals surface area contributed by atoms with Crippen molar-refractivity contribution in [3.8, 4) is 11.3 Å². The Morgan fingerprint density at radius 1 is 1.43 bits per heavy atom. The molecular formula is C10H10ClN3. The molecule has 0 bridgehead atoms. The largest absolute Gasteiger partial charge is 0.398 e. The molecule has 3 N–H and O–H groups in total. The molecule has 3 nitrogen and oxygen atoms in total. The Kier molecular flexibility index (Phi) is 2.17. The number of H-pyrrole nitrogens is 1. The molecule has 1 heterocycles. The van der Waals surface area contributed by atoms with Gasteiger partial charge in [0, 0.05) is 5.56 Å². The lowest BCUT2D eigenvalue weighted by molar-refractivity contribution is 1.15. The van der Waals surface area contributed by atoms with Crippen LogP contribution in [0.3, 0.4) is 0 Å². The molecular weight excluding hydrogens is 198 g/mol. The van der Waals surface area contributed by atoms with Crippen LogP contribution in [0.4, 0.5) is 5.69 Å². The van der Waals surface area contributed by atoms with Crippen LogP contribution in [0.5, 0.6) is 0 Å². The number of halogens is 1. The molecule has 0 atom stereocenters. The van der Waals surface area contributed by atoms with E-state index in [1.54, 1.807) is 12.3 Å². The molecule has 0 aliphatic carbocycles. The first-order valence-corrected chi connectivity index (χ1v) is 4.62. The highest BCUT2D eigenvalue weighted by Gasteiger charge is 2.07. The predicted octanol–water partition coefficient (Wildman–Crippen LogP) is 2.62. The normalized spacial score (nSPS) is 10.4. The third-order valence-electron chi connectivity index (χ3n) is 2.02. The van der Waals surface area contributed by atoms with Gasteiger partial charge >= 0.3 is 0 Å². The molecule has 0 saturated carbocycles. The van der Waals surface area contributed by atoms with Crippen LogP contribution in [0.15, 0.2) is 24.4 Å². The fraction of sp³-hybridized carbons (Fsp3) is 0.100. The van der Waals surface area contributed by atoms with Gasteiger partial charge < -0.3 is 10.7 Å². The second-order valence-corrected chi connectivity index (χ2v) is 3.47. The molecule has 0 spiro atoms. The van der Waals surface area contributed by atoms with Gasteiger partial charge in [0.2, 0.25) is 0 Å². The first-order chi connectivity index (χ1) is 6.68. The van der Waals surface area contributed by atoms with Crippen molar-refractivity contribution in [1.29, 1.82) is 0 Å². The molecule has 0 amide bonds. The van der Waals surface area contributed by atoms with Crippen LogP contribution in [0.25, 0.3) is 11.3 Å². The van der Waals surface area contributed by atoms with Crippen LogP contribution in [-0.2, 0) is 0 Å². The maximum atomic E-state index is 6.06. The number of aryl methyl sites for hydroxylation is 1. The summed E-state index contributed by atoms with van der Waals surface area (Å²) >= 11 is 6.06. The Balaban J connectivity index is 2.57. The van der Waals surface area contributed by atoms with E-state index in [1.165, 1.54) is 0 Å². The molecule has 0 saturated heterocycles. The molecule has 0 fully saturated rings. The van der Waals surface area contributed by atoms with Crippen molar-refractivity contribution >= 4 is 17.3 Å². The van der Waals surface area contributed by atoms with Crippen molar-refractivity contribution in [3.05, 3.63) is 35.2 Å². The van der Waals surface area contributed by atoms with Crippen LogP contribution in [-0.4, -0.2) is 9.97 Å². The van der Waals surface area contributed by atoms with Gasteiger partial charge in [0.1, 0.15) is 5.82 Å². The summed E-state index contributed by atoms with van der Waals surface area (Å²) in [6, 6.07) is 5.55. The van der Waals surface area contributed by atoms with E-state index in [2.05, 4.69) is 9.97 Å². The molecule has 1 aromatic carbocycles. The lowest BCUT2D eigenvalue weighted by Gasteiger charge is -2.03. The summed E-state index contributed by atoms with van der Waals surface area (Å²) in [5.74, 6) is 0.860. The van der Waals surface area contributed by atoms with Crippen molar-refractivity contribution in [2.45, 2.75) is 6.92 Å². The number of benzene rings is 1. The van der Waals surface area contributed by atoms with Crippen molar-refractivity contribution in [3.63, 3.8) is 0 Å². The van der Waals surface area contributed by atoms with Gasteiger partial charge in [0.15, 0.2) is 0 Å². The quantitative estimate of drug-likeness (QED) is 0.707. The fourth-order valence-electron chi connectivity index (χ4n) is 1.32. The number of nitrogens with two attached hydrogens (primary N) is 1. The lowest BCUT2D eigenvalue weighted by atomic mass is 10.1. The minimum atomic E-state index is 0.566. The number of nitrogen functional groups attached to an aromatic ring is 1. The SMILES string of the molecule is Cc1ncc(-c2cccc(N)c2Cl)[nH]1. The second-order valence-electron chi connectivity index (χ2n) is 3.09. The third kappa shape index (κ3) is 1.46. The molecule has 1 aromatic heterocycles. The van der Waals surface area contributed by atoms with Gasteiger partial charge in [-0.25, -0.2) is 4.98 Å². The van der Waals surface area contributed by atoms with Gasteiger partial charge in [-0.05, 0) is 13.0 Å². The summed E-state index contributed by atoms with van der Waals surface area (Å²) < 4.78 is 0. The summed E-state index contributed by atoms with van der Waals surface area (Å²) in [7, 11) is 0. The first kappa shape index (κ1) is 9.09. The molecule has 4 heteroatoms. The summed E-state index contributed by atoms with van der Waals surface area (Å²) in [4.78, 5) is 7.22. The van der Waals surface area contributed by atoms with E-state index >= 15 is 0 Å². The highest BCUT2D eigenvalue weighted by molar-refractivity contribution is 6.35. The van der Waals surface area contributed by atoms with Crippen molar-refractivity contribution < 1.29 is 0 Å². The zero-order chi connectivity index (χ0) is 10.1. The second kappa shape index (κ2) is 3.35. The van der Waals surface area contributed by atoms with Crippen molar-refractivity contribution in [2.75, 3.05) is 5.73 Å². The van der Waals surface area contributed by atoms with Gasteiger partial charge in [-0.2, -0.15) is 0 Å². The Morgan fingerprint density at radius 3 is 2.86 bits per heavy atom. The minimum Gasteiger partial charge on any atom is -0.398 e. The molecule has 0 aliphatic heterocycles. The summed E-state index contributed by atoms with van der Waals surface area (Å²) in [6.45, 7) is 1.89. The lowest BCUT2D eigenvalue weighted by Crippen LogP contribution is -1.88. The van der Waals surface area contributed by atoms with Gasteiger partial charge in [-0.15, -0.1) is 0 Å². The van der Waals surface area contributed by atoms with Crippen LogP contribution in [0.2, 0.25) is 5.02 Å². The summed E-state index contributed by atoms with van der Waals surface area (Å²) in [5, 5.41) is 0.566. The van der Waals surface area contributed by atoms with Gasteiger partial charge in [0.05, 0.1) is 22.6 Å². The van der Waals surface area contributed by atoms with E-state index in [1.807, 2.05) is 19.1 Å². The average Bonchev–Trinajstić information content (AvgIpc) is 2.57. The summed E-state index contributed by atoms with van der Waals surface area (Å²) in [5.41, 5.74) is 8.05. The topological polar surface area (TPSA) is 54.7 Å². The fourth-order valence-corrected chi connectivity index (χ4v) is 1.54. The molecule has 0 aliphatic rings. The van der Waals surface area contributed by atoms with Crippen molar-refractivity contribution in [2.24, 2.45) is 0 Å². The minimum absolute atomic E-state index is 0.566. The highest BCUT2D eigenvalue weighted by Crippen LogP contribution is 2.30. The Hall–Kier alpha value is -1.48. The van der Waals surface area contributed by atoms with Crippen molar-refractivity contribution in [1.82, 2.24) is 9.97 Å². The first-order valence-electron chi connectivity index (χ1n) is 4.24. The highest BCUT2D eigenvalue weighted by atomic mass is 35.5. The number of hydrogen-bond acceptors (Lipinski definition) is 2. The van der Waals surface area contributed by atoms with E-state index in [0.29, 0.717) is 10.7 Å². The number of imidazole rings is 1. The molecule has 0 unspecified atom stereocenters. The number of nitrogens with one attached hydrogen (secondary N) is 1. The Bertz CT molecular complexity index is 462. The summed E-state index contributed by atoms with van der Waals surface area (Å²) in [6.07, 6.45) is 1.75. The van der Waals surface area contributed by atoms with E-state index < -0.39 is 0 Å².